The minimum atomic E-state index is -2.71. The number of benzene rings is 9. The summed E-state index contributed by atoms with van der Waals surface area (Å²) >= 11 is 0. The van der Waals surface area contributed by atoms with E-state index in [1.165, 1.54) is 18.2 Å². The molecule has 0 bridgehead atoms. The first kappa shape index (κ1) is 45.3. The van der Waals surface area contributed by atoms with Crippen LogP contribution in [0.5, 0.6) is 11.5 Å². The molecule has 3 aromatic heterocycles. The first-order valence-corrected chi connectivity index (χ1v) is 28.3. The van der Waals surface area contributed by atoms with Crippen molar-refractivity contribution in [1.82, 2.24) is 14.1 Å². The van der Waals surface area contributed by atoms with Crippen LogP contribution in [-0.4, -0.2) is 14.1 Å². The summed E-state index contributed by atoms with van der Waals surface area (Å²) < 4.78 is 111. The van der Waals surface area contributed by atoms with Gasteiger partial charge in [0.2, 0.25) is 0 Å². The van der Waals surface area contributed by atoms with Crippen molar-refractivity contribution in [3.63, 3.8) is 0 Å². The summed E-state index contributed by atoms with van der Waals surface area (Å²) in [6.07, 6.45) is 5.61. The van der Waals surface area contributed by atoms with Crippen molar-refractivity contribution in [2.24, 2.45) is 0 Å². The molecule has 0 atom stereocenters. The molecule has 3 heterocycles. The molecule has 0 fully saturated rings. The van der Waals surface area contributed by atoms with Crippen LogP contribution in [0.15, 0.2) is 194 Å². The van der Waals surface area contributed by atoms with Crippen molar-refractivity contribution >= 4 is 32.8 Å². The number of hydrogen-bond acceptors (Lipinski definition) is 2. The maximum atomic E-state index is 9.43. The fourth-order valence-corrected chi connectivity index (χ4v) is 11.1. The van der Waals surface area contributed by atoms with Gasteiger partial charge in [-0.3, -0.25) is 4.57 Å². The smallest absolute Gasteiger partial charge is 0.268 e. The molecule has 0 aliphatic rings. The molecule has 12 rings (SSSR count). The molecule has 0 radical (unpaired) electrons. The maximum Gasteiger partial charge on any atom is 0.268 e. The summed E-state index contributed by atoms with van der Waals surface area (Å²) in [6.45, 7) is 20.5. The van der Waals surface area contributed by atoms with Crippen LogP contribution in [0.3, 0.4) is 0 Å². The largest absolute Gasteiger partial charge is 0.510 e. The summed E-state index contributed by atoms with van der Waals surface area (Å²) in [5, 5.41) is 1.99. The van der Waals surface area contributed by atoms with Gasteiger partial charge >= 0.3 is 0 Å². The fraction of sp³-hybridized carbons (Fsp3) is 0.231. The van der Waals surface area contributed by atoms with Gasteiger partial charge in [0.1, 0.15) is 5.82 Å². The van der Waals surface area contributed by atoms with Crippen molar-refractivity contribution in [2.75, 3.05) is 0 Å². The molecule has 0 spiro atoms. The Morgan fingerprint density at radius 1 is 0.500 bits per heavy atom. The van der Waals surface area contributed by atoms with Gasteiger partial charge in [-0.15, -0.1) is 29.7 Å². The van der Waals surface area contributed by atoms with E-state index in [0.717, 1.165) is 61.0 Å². The molecule has 0 aliphatic heterocycles. The van der Waals surface area contributed by atoms with Crippen LogP contribution < -0.4 is 9.30 Å². The summed E-state index contributed by atoms with van der Waals surface area (Å²) in [6, 6.07) is 55.1. The standard InChI is InChI=1S/C78H74N4O.Pt/c1-50-23-20-24-51(2)73(50)54-33-36-69-71(44-54)80(61-29-22-30-62(47-61)83-63-34-35-65-64-31-18-19-32-68(64)82(70(65)48-63)72-46-58(37-38-79-72)76(6,7)8)49-81(69)74-66(53-27-21-28-57(39-53)75(3,4)5)42-55(52-25-16-15-17-26-52)43-67(74)56-40-59(77(9,10)11)45-60(41-56)78(12,13)14;/h15-46H,1-14H3;/q-2;/i1D3,2D3,15D,16D,17D,25D,26D;. The Balaban J connectivity index is 0.00000919. The van der Waals surface area contributed by atoms with Crippen LogP contribution in [0.1, 0.15) is 132 Å². The average Bonchev–Trinajstić information content (AvgIpc) is 1.71. The second-order valence-corrected chi connectivity index (χ2v) is 25.8. The van der Waals surface area contributed by atoms with E-state index in [1.54, 1.807) is 18.2 Å². The van der Waals surface area contributed by atoms with E-state index < -0.39 is 31.8 Å². The Morgan fingerprint density at radius 2 is 1.13 bits per heavy atom. The van der Waals surface area contributed by atoms with Crippen LogP contribution in [-0.2, 0) is 42.7 Å². The van der Waals surface area contributed by atoms with Gasteiger partial charge in [-0.2, -0.15) is 18.2 Å². The first-order valence-electron chi connectivity index (χ1n) is 33.8. The van der Waals surface area contributed by atoms with E-state index in [1.807, 2.05) is 88.1 Å². The molecule has 0 N–H and O–H groups in total. The number of nitrogens with zero attached hydrogens (tertiary/aromatic N) is 4. The summed E-state index contributed by atoms with van der Waals surface area (Å²) in [4.78, 5) is 4.88. The number of ether oxygens (including phenoxy) is 1. The monoisotopic (exact) mass is 1290 g/mol. The number of para-hydroxylation sites is 1. The van der Waals surface area contributed by atoms with Gasteiger partial charge in [-0.05, 0) is 161 Å². The molecule has 0 amide bonds. The quantitative estimate of drug-likeness (QED) is 0.107. The second-order valence-electron chi connectivity index (χ2n) is 25.8. The van der Waals surface area contributed by atoms with Gasteiger partial charge in [0.25, 0.3) is 6.33 Å². The summed E-state index contributed by atoms with van der Waals surface area (Å²) in [7, 11) is 0. The van der Waals surface area contributed by atoms with E-state index in [-0.39, 0.29) is 77.1 Å². The number of fused-ring (bicyclic) bond motifs is 4. The van der Waals surface area contributed by atoms with Gasteiger partial charge in [0, 0.05) is 52.5 Å². The number of aryl methyl sites for hydroxylation is 2. The molecule has 424 valence electrons. The normalized spacial score (nSPS) is 14.5. The van der Waals surface area contributed by atoms with Gasteiger partial charge in [0.15, 0.2) is 0 Å². The summed E-state index contributed by atoms with van der Waals surface area (Å²) in [5.41, 5.74) is 10.3. The van der Waals surface area contributed by atoms with E-state index in [9.17, 15) is 2.74 Å². The minimum absolute atomic E-state index is 0. The van der Waals surface area contributed by atoms with E-state index >= 15 is 0 Å². The second kappa shape index (κ2) is 21.8. The third-order valence-electron chi connectivity index (χ3n) is 15.8. The van der Waals surface area contributed by atoms with E-state index in [2.05, 4.69) is 155 Å². The van der Waals surface area contributed by atoms with Gasteiger partial charge in [-0.25, -0.2) is 4.98 Å². The zero-order chi connectivity index (χ0) is 67.7. The third-order valence-corrected chi connectivity index (χ3v) is 15.8. The van der Waals surface area contributed by atoms with Gasteiger partial charge in [0.05, 0.1) is 23.6 Å². The summed E-state index contributed by atoms with van der Waals surface area (Å²) in [5.74, 6) is 1.48. The molecule has 9 aromatic carbocycles. The van der Waals surface area contributed by atoms with Crippen molar-refractivity contribution < 1.29 is 45.4 Å². The predicted octanol–water partition coefficient (Wildman–Crippen LogP) is 20.1. The number of aromatic nitrogens is 4. The average molecular weight is 1290 g/mol. The SMILES string of the molecule is [2H]c1c([2H])c([2H])c(-c2cc(-c3cccc(C(C)(C)C)c3)c(-[n+]3[c-]n(-c4[c-]c(Oc5[c-]c6c(cc5)c5ccccc5n6-c5cc(C(C)(C)C)ccn5)ccc4)c4cc(-c5c(C([2H])([2H])[2H])cccc5C([2H])([2H])[2H])ccc43)c(-c3cc(C(C)(C)C)cc(C(C)(C)C)c3)c2)c([2H])c1[2H].[Pt]. The predicted molar refractivity (Wildman–Crippen MR) is 346 cm³/mol. The topological polar surface area (TPSA) is 35.9 Å². The first-order chi connectivity index (χ1) is 44.0. The molecule has 0 aliphatic carbocycles. The van der Waals surface area contributed by atoms with E-state index in [0.29, 0.717) is 56.2 Å². The van der Waals surface area contributed by atoms with Crippen LogP contribution in [0, 0.1) is 32.2 Å². The zero-order valence-corrected chi connectivity index (χ0v) is 51.9. The minimum Gasteiger partial charge on any atom is -0.510 e. The molecule has 0 unspecified atom stereocenters. The number of pyridine rings is 1. The van der Waals surface area contributed by atoms with E-state index in [4.69, 9.17) is 22.1 Å². The van der Waals surface area contributed by atoms with Crippen molar-refractivity contribution in [3.05, 3.63) is 246 Å². The van der Waals surface area contributed by atoms with Crippen LogP contribution in [0.2, 0.25) is 0 Å². The number of imidazole rings is 1. The third kappa shape index (κ3) is 11.0. The molecular formula is C78H74N4OPt-2. The number of hydrogen-bond donors (Lipinski definition) is 0. The Morgan fingerprint density at radius 3 is 1.82 bits per heavy atom. The van der Waals surface area contributed by atoms with Gasteiger partial charge in [-0.1, -0.05) is 210 Å². The molecule has 5 nitrogen and oxygen atoms in total. The maximum absolute atomic E-state index is 9.43. The van der Waals surface area contributed by atoms with Crippen LogP contribution >= 0.6 is 0 Å². The molecule has 6 heteroatoms. The molecule has 84 heavy (non-hydrogen) atoms. The Kier molecular flexibility index (Phi) is 11.8. The van der Waals surface area contributed by atoms with Crippen LogP contribution in [0.4, 0.5) is 0 Å². The number of rotatable bonds is 9. The Labute approximate surface area is 527 Å². The molecule has 0 saturated carbocycles. The van der Waals surface area contributed by atoms with Crippen molar-refractivity contribution in [1.29, 1.82) is 0 Å². The molecule has 12 aromatic rings. The molecule has 0 saturated heterocycles. The Hall–Kier alpha value is -8.11. The zero-order valence-electron chi connectivity index (χ0n) is 60.6. The van der Waals surface area contributed by atoms with Crippen molar-refractivity contribution in [2.45, 2.75) is 118 Å². The van der Waals surface area contributed by atoms with Crippen molar-refractivity contribution in [3.8, 4) is 73.2 Å². The Bertz CT molecular complexity index is 4940. The fourth-order valence-electron chi connectivity index (χ4n) is 11.1. The van der Waals surface area contributed by atoms with Crippen LogP contribution in [0.25, 0.3) is 94.5 Å². The molecular weight excluding hydrogens is 1200 g/mol. The van der Waals surface area contributed by atoms with Gasteiger partial charge < -0.3 is 13.9 Å².